The van der Waals surface area contributed by atoms with Gasteiger partial charge in [-0.25, -0.2) is 0 Å². The number of alkyl halides is 3. The van der Waals surface area contributed by atoms with Gasteiger partial charge in [0.25, 0.3) is 0 Å². The number of hydrogen-bond acceptors (Lipinski definition) is 5. The van der Waals surface area contributed by atoms with Gasteiger partial charge in [-0.15, -0.1) is 0 Å². The third kappa shape index (κ3) is 3.10. The highest BCUT2D eigenvalue weighted by molar-refractivity contribution is 5.82. The molecule has 4 N–H and O–H groups in total. The zero-order valence-electron chi connectivity index (χ0n) is 9.39. The van der Waals surface area contributed by atoms with Crippen LogP contribution >= 0.6 is 0 Å². The van der Waals surface area contributed by atoms with E-state index in [9.17, 15) is 28.2 Å². The summed E-state index contributed by atoms with van der Waals surface area (Å²) in [6.45, 7) is 0.724. The van der Waals surface area contributed by atoms with Gasteiger partial charge in [-0.05, 0) is 6.92 Å². The molecule has 106 valence electrons. The molecule has 1 rings (SSSR count). The van der Waals surface area contributed by atoms with Gasteiger partial charge in [-0.1, -0.05) is 0 Å². The van der Waals surface area contributed by atoms with Crippen molar-refractivity contribution in [3.63, 3.8) is 0 Å². The quantitative estimate of drug-likeness (QED) is 0.492. The number of aliphatic hydroxyl groups excluding tert-OH is 3. The molecule has 1 fully saturated rings. The average molecular weight is 273 g/mol. The first-order chi connectivity index (χ1) is 8.18. The van der Waals surface area contributed by atoms with Gasteiger partial charge in [0.1, 0.15) is 18.3 Å². The Morgan fingerprint density at radius 2 is 1.89 bits per heavy atom. The van der Waals surface area contributed by atoms with Crippen molar-refractivity contribution >= 4 is 5.91 Å². The molecule has 1 saturated heterocycles. The van der Waals surface area contributed by atoms with Gasteiger partial charge >= 0.3 is 12.1 Å². The van der Waals surface area contributed by atoms with E-state index in [1.165, 1.54) is 6.92 Å². The van der Waals surface area contributed by atoms with Crippen LogP contribution < -0.4 is 5.32 Å². The SMILES string of the molecule is C[C@@H]1O[C@H](CO)[C@H](O)[C@H](O)[C@H]1NC(=O)C(F)(F)F. The molecule has 1 aliphatic rings. The number of halogens is 3. The van der Waals surface area contributed by atoms with E-state index in [0.717, 1.165) is 0 Å². The van der Waals surface area contributed by atoms with Gasteiger partial charge in [0.2, 0.25) is 0 Å². The molecular formula is C9H14F3NO5. The molecule has 0 bridgehead atoms. The minimum Gasteiger partial charge on any atom is -0.394 e. The standard InChI is InChI=1S/C9H14F3NO5/c1-3-5(13-8(17)9(10,11)12)7(16)6(15)4(2-14)18-3/h3-7,14-16H,2H2,1H3,(H,13,17)/t3-,4+,5-,6-,7+/m0/s1. The van der Waals surface area contributed by atoms with Crippen LogP contribution in [0.3, 0.4) is 0 Å². The van der Waals surface area contributed by atoms with Gasteiger partial charge in [-0.2, -0.15) is 13.2 Å². The first-order valence-corrected chi connectivity index (χ1v) is 5.18. The van der Waals surface area contributed by atoms with E-state index in [-0.39, 0.29) is 0 Å². The van der Waals surface area contributed by atoms with Crippen molar-refractivity contribution in [1.82, 2.24) is 5.32 Å². The van der Waals surface area contributed by atoms with Crippen LogP contribution in [0.2, 0.25) is 0 Å². The second kappa shape index (κ2) is 5.39. The molecule has 1 heterocycles. The van der Waals surface area contributed by atoms with E-state index >= 15 is 0 Å². The molecule has 0 aliphatic carbocycles. The summed E-state index contributed by atoms with van der Waals surface area (Å²) >= 11 is 0. The summed E-state index contributed by atoms with van der Waals surface area (Å²) in [5.74, 6) is -2.23. The molecule has 0 radical (unpaired) electrons. The van der Waals surface area contributed by atoms with Crippen LogP contribution in [0.4, 0.5) is 13.2 Å². The summed E-state index contributed by atoms with van der Waals surface area (Å²) in [6.07, 6.45) is -10.4. The van der Waals surface area contributed by atoms with Crippen molar-refractivity contribution < 1.29 is 38.0 Å². The number of nitrogens with one attached hydrogen (secondary N) is 1. The summed E-state index contributed by atoms with van der Waals surface area (Å²) in [4.78, 5) is 10.7. The summed E-state index contributed by atoms with van der Waals surface area (Å²) in [7, 11) is 0. The Bertz CT molecular complexity index is 311. The minimum absolute atomic E-state index is 0.595. The van der Waals surface area contributed by atoms with Crippen LogP contribution in [0.1, 0.15) is 6.92 Å². The van der Waals surface area contributed by atoms with E-state index in [0.29, 0.717) is 0 Å². The van der Waals surface area contributed by atoms with Gasteiger partial charge in [0.15, 0.2) is 0 Å². The molecule has 5 atom stereocenters. The van der Waals surface area contributed by atoms with Crippen LogP contribution in [0, 0.1) is 0 Å². The summed E-state index contributed by atoms with van der Waals surface area (Å²) in [5.41, 5.74) is 0. The first-order valence-electron chi connectivity index (χ1n) is 5.18. The Labute approximate surface area is 100 Å². The fourth-order valence-electron chi connectivity index (χ4n) is 1.74. The topological polar surface area (TPSA) is 99.0 Å². The lowest BCUT2D eigenvalue weighted by atomic mass is 9.93. The number of aliphatic hydroxyl groups is 3. The monoisotopic (exact) mass is 273 g/mol. The first kappa shape index (κ1) is 15.2. The Kier molecular flexibility index (Phi) is 4.54. The number of carbonyl (C=O) groups excluding carboxylic acids is 1. The number of carbonyl (C=O) groups is 1. The van der Waals surface area contributed by atoms with Crippen molar-refractivity contribution in [2.45, 2.75) is 43.6 Å². The minimum atomic E-state index is -5.09. The van der Waals surface area contributed by atoms with Crippen LogP contribution in [0.5, 0.6) is 0 Å². The highest BCUT2D eigenvalue weighted by Gasteiger charge is 2.47. The van der Waals surface area contributed by atoms with Crippen LogP contribution in [-0.4, -0.2) is 64.5 Å². The highest BCUT2D eigenvalue weighted by Crippen LogP contribution is 2.22. The van der Waals surface area contributed by atoms with E-state index < -0.39 is 49.1 Å². The fraction of sp³-hybridized carbons (Fsp3) is 0.889. The van der Waals surface area contributed by atoms with Gasteiger partial charge < -0.3 is 25.4 Å². The molecule has 1 amide bonds. The Morgan fingerprint density at radius 3 is 2.33 bits per heavy atom. The van der Waals surface area contributed by atoms with Crippen molar-refractivity contribution in [2.75, 3.05) is 6.61 Å². The smallest absolute Gasteiger partial charge is 0.394 e. The predicted octanol–water partition coefficient (Wildman–Crippen LogP) is -1.47. The maximum absolute atomic E-state index is 12.1. The molecule has 0 unspecified atom stereocenters. The van der Waals surface area contributed by atoms with Crippen LogP contribution in [-0.2, 0) is 9.53 Å². The largest absolute Gasteiger partial charge is 0.471 e. The zero-order chi connectivity index (χ0) is 14.1. The summed E-state index contributed by atoms with van der Waals surface area (Å²) in [5, 5.41) is 29.5. The van der Waals surface area contributed by atoms with Crippen LogP contribution in [0.25, 0.3) is 0 Å². The predicted molar refractivity (Wildman–Crippen MR) is 51.4 cm³/mol. The molecule has 0 aromatic rings. The summed E-state index contributed by atoms with van der Waals surface area (Å²) < 4.78 is 41.2. The van der Waals surface area contributed by atoms with Gasteiger partial charge in [-0.3, -0.25) is 4.79 Å². The summed E-state index contributed by atoms with van der Waals surface area (Å²) in [6, 6.07) is -1.41. The molecule has 0 saturated carbocycles. The number of amides is 1. The van der Waals surface area contributed by atoms with Crippen LogP contribution in [0.15, 0.2) is 0 Å². The van der Waals surface area contributed by atoms with E-state index in [4.69, 9.17) is 9.84 Å². The lowest BCUT2D eigenvalue weighted by Gasteiger charge is -2.41. The number of ether oxygens (including phenoxy) is 1. The molecule has 6 nitrogen and oxygen atoms in total. The maximum Gasteiger partial charge on any atom is 0.471 e. The molecular weight excluding hydrogens is 259 g/mol. The van der Waals surface area contributed by atoms with E-state index in [2.05, 4.69) is 0 Å². The van der Waals surface area contributed by atoms with E-state index in [1.807, 2.05) is 0 Å². The molecule has 1 aliphatic heterocycles. The van der Waals surface area contributed by atoms with Gasteiger partial charge in [0, 0.05) is 0 Å². The Morgan fingerprint density at radius 1 is 1.33 bits per heavy atom. The zero-order valence-corrected chi connectivity index (χ0v) is 9.39. The molecule has 18 heavy (non-hydrogen) atoms. The molecule has 9 heteroatoms. The normalized spacial score (nSPS) is 37.4. The third-order valence-corrected chi connectivity index (χ3v) is 2.73. The van der Waals surface area contributed by atoms with Crippen molar-refractivity contribution in [1.29, 1.82) is 0 Å². The molecule has 0 spiro atoms. The molecule has 0 aromatic heterocycles. The maximum atomic E-state index is 12.1. The lowest BCUT2D eigenvalue weighted by molar-refractivity contribution is -0.200. The number of hydrogen-bond donors (Lipinski definition) is 4. The van der Waals surface area contributed by atoms with Crippen molar-refractivity contribution in [2.24, 2.45) is 0 Å². The van der Waals surface area contributed by atoms with Crippen molar-refractivity contribution in [3.05, 3.63) is 0 Å². The Balaban J connectivity index is 2.74. The second-order valence-corrected chi connectivity index (χ2v) is 4.04. The Hall–Kier alpha value is -0.900. The second-order valence-electron chi connectivity index (χ2n) is 4.04. The highest BCUT2D eigenvalue weighted by atomic mass is 19.4. The van der Waals surface area contributed by atoms with Crippen molar-refractivity contribution in [3.8, 4) is 0 Å². The van der Waals surface area contributed by atoms with E-state index in [1.54, 1.807) is 5.32 Å². The fourth-order valence-corrected chi connectivity index (χ4v) is 1.74. The third-order valence-electron chi connectivity index (χ3n) is 2.73. The number of rotatable bonds is 2. The molecule has 0 aromatic carbocycles. The lowest BCUT2D eigenvalue weighted by Crippen LogP contribution is -2.64. The average Bonchev–Trinajstić information content (AvgIpc) is 2.27. The van der Waals surface area contributed by atoms with Gasteiger partial charge in [0.05, 0.1) is 18.8 Å².